The van der Waals surface area contributed by atoms with Gasteiger partial charge in [-0.25, -0.2) is 4.79 Å². The molecule has 102 valence electrons. The summed E-state index contributed by atoms with van der Waals surface area (Å²) in [7, 11) is 3.08. The Kier molecular flexibility index (Phi) is 2.95. The maximum absolute atomic E-state index is 11.7. The average molecular weight is 272 g/mol. The van der Waals surface area contributed by atoms with E-state index in [1.807, 2.05) is 0 Å². The quantitative estimate of drug-likeness (QED) is 0.686. The van der Waals surface area contributed by atoms with Crippen LogP contribution in [0.5, 0.6) is 11.5 Å². The highest BCUT2D eigenvalue weighted by atomic mass is 16.5. The summed E-state index contributed by atoms with van der Waals surface area (Å²) in [4.78, 5) is 11.7. The van der Waals surface area contributed by atoms with Crippen molar-refractivity contribution < 1.29 is 18.3 Å². The van der Waals surface area contributed by atoms with E-state index in [1.165, 1.54) is 13.2 Å². The van der Waals surface area contributed by atoms with E-state index < -0.39 is 5.63 Å². The van der Waals surface area contributed by atoms with Gasteiger partial charge >= 0.3 is 5.63 Å². The molecule has 0 bridgehead atoms. The minimum Gasteiger partial charge on any atom is -0.493 e. The van der Waals surface area contributed by atoms with Crippen LogP contribution in [0, 0.1) is 0 Å². The summed E-state index contributed by atoms with van der Waals surface area (Å²) in [6, 6.07) is 8.32. The molecule has 0 atom stereocenters. The van der Waals surface area contributed by atoms with Crippen LogP contribution in [0.4, 0.5) is 0 Å². The lowest BCUT2D eigenvalue weighted by Gasteiger charge is -2.10. The molecule has 5 nitrogen and oxygen atoms in total. The molecule has 0 unspecified atom stereocenters. The summed E-state index contributed by atoms with van der Waals surface area (Å²) in [6.45, 7) is 0. The molecule has 20 heavy (non-hydrogen) atoms. The fourth-order valence-corrected chi connectivity index (χ4v) is 2.12. The molecule has 2 heterocycles. The molecule has 0 saturated carbocycles. The van der Waals surface area contributed by atoms with Crippen LogP contribution in [-0.4, -0.2) is 14.2 Å². The predicted molar refractivity (Wildman–Crippen MR) is 73.3 cm³/mol. The Hall–Kier alpha value is -2.69. The molecular formula is C15H12O5. The van der Waals surface area contributed by atoms with E-state index in [0.717, 1.165) is 5.39 Å². The Bertz CT molecular complexity index is 799. The second-order valence-corrected chi connectivity index (χ2v) is 4.16. The van der Waals surface area contributed by atoms with Gasteiger partial charge in [-0.3, -0.25) is 0 Å². The van der Waals surface area contributed by atoms with Crippen molar-refractivity contribution in [3.05, 3.63) is 47.0 Å². The zero-order valence-corrected chi connectivity index (χ0v) is 11.0. The zero-order chi connectivity index (χ0) is 14.1. The lowest BCUT2D eigenvalue weighted by atomic mass is 10.1. The Labute approximate surface area is 114 Å². The van der Waals surface area contributed by atoms with Gasteiger partial charge in [-0.2, -0.15) is 0 Å². The molecule has 3 aromatic rings. The monoisotopic (exact) mass is 272 g/mol. The lowest BCUT2D eigenvalue weighted by Crippen LogP contribution is -1.99. The number of benzene rings is 1. The minimum atomic E-state index is -0.448. The van der Waals surface area contributed by atoms with Crippen LogP contribution in [0.15, 0.2) is 50.2 Å². The lowest BCUT2D eigenvalue weighted by molar-refractivity contribution is 0.355. The summed E-state index contributed by atoms with van der Waals surface area (Å²) in [5, 5.41) is 0.720. The molecule has 0 radical (unpaired) electrons. The highest BCUT2D eigenvalue weighted by molar-refractivity contribution is 5.93. The molecule has 0 spiro atoms. The minimum absolute atomic E-state index is 0.418. The van der Waals surface area contributed by atoms with E-state index >= 15 is 0 Å². The topological polar surface area (TPSA) is 61.8 Å². The van der Waals surface area contributed by atoms with Crippen LogP contribution >= 0.6 is 0 Å². The molecule has 0 saturated heterocycles. The number of rotatable bonds is 3. The van der Waals surface area contributed by atoms with Gasteiger partial charge in [0.1, 0.15) is 11.3 Å². The number of furan rings is 1. The third-order valence-corrected chi connectivity index (χ3v) is 3.04. The van der Waals surface area contributed by atoms with Crippen molar-refractivity contribution in [3.63, 3.8) is 0 Å². The highest BCUT2D eigenvalue weighted by Gasteiger charge is 2.14. The molecule has 0 aliphatic heterocycles. The normalized spacial score (nSPS) is 10.7. The van der Waals surface area contributed by atoms with Crippen molar-refractivity contribution >= 4 is 11.0 Å². The fourth-order valence-electron chi connectivity index (χ4n) is 2.12. The van der Waals surface area contributed by atoms with E-state index in [2.05, 4.69) is 0 Å². The molecule has 0 N–H and O–H groups in total. The summed E-state index contributed by atoms with van der Waals surface area (Å²) in [5.74, 6) is 1.65. The Morgan fingerprint density at radius 3 is 2.45 bits per heavy atom. The van der Waals surface area contributed by atoms with Crippen LogP contribution in [0.1, 0.15) is 0 Å². The van der Waals surface area contributed by atoms with Crippen molar-refractivity contribution in [2.75, 3.05) is 14.2 Å². The second kappa shape index (κ2) is 4.77. The highest BCUT2D eigenvalue weighted by Crippen LogP contribution is 2.36. The van der Waals surface area contributed by atoms with Gasteiger partial charge in [-0.05, 0) is 18.2 Å². The van der Waals surface area contributed by atoms with Crippen molar-refractivity contribution in [1.82, 2.24) is 0 Å². The Balaban J connectivity index is 2.38. The molecule has 1 aromatic carbocycles. The number of hydrogen-bond donors (Lipinski definition) is 0. The van der Waals surface area contributed by atoms with E-state index in [4.69, 9.17) is 18.3 Å². The van der Waals surface area contributed by atoms with Crippen molar-refractivity contribution in [2.24, 2.45) is 0 Å². The summed E-state index contributed by atoms with van der Waals surface area (Å²) < 4.78 is 21.0. The Morgan fingerprint density at radius 2 is 1.80 bits per heavy atom. The van der Waals surface area contributed by atoms with Gasteiger partial charge in [0.05, 0.1) is 20.5 Å². The molecule has 5 heteroatoms. The van der Waals surface area contributed by atoms with Crippen molar-refractivity contribution in [3.8, 4) is 22.8 Å². The van der Waals surface area contributed by atoms with Gasteiger partial charge in [0.2, 0.25) is 0 Å². The maximum atomic E-state index is 11.7. The van der Waals surface area contributed by atoms with Gasteiger partial charge in [0.15, 0.2) is 11.5 Å². The predicted octanol–water partition coefficient (Wildman–Crippen LogP) is 3.07. The first-order valence-electron chi connectivity index (χ1n) is 5.96. The van der Waals surface area contributed by atoms with Crippen LogP contribution in [-0.2, 0) is 0 Å². The average Bonchev–Trinajstić information content (AvgIpc) is 2.98. The van der Waals surface area contributed by atoms with E-state index in [9.17, 15) is 4.79 Å². The number of hydrogen-bond acceptors (Lipinski definition) is 5. The van der Waals surface area contributed by atoms with Gasteiger partial charge in [0.25, 0.3) is 0 Å². The largest absolute Gasteiger partial charge is 0.493 e. The van der Waals surface area contributed by atoms with Crippen LogP contribution in [0.2, 0.25) is 0 Å². The van der Waals surface area contributed by atoms with Gasteiger partial charge in [-0.15, -0.1) is 0 Å². The fraction of sp³-hybridized carbons (Fsp3) is 0.133. The van der Waals surface area contributed by atoms with Crippen LogP contribution in [0.3, 0.4) is 0 Å². The van der Waals surface area contributed by atoms with E-state index in [0.29, 0.717) is 28.4 Å². The number of methoxy groups -OCH3 is 2. The van der Waals surface area contributed by atoms with Gasteiger partial charge < -0.3 is 18.3 Å². The smallest absolute Gasteiger partial charge is 0.336 e. The number of fused-ring (bicyclic) bond motifs is 1. The van der Waals surface area contributed by atoms with Gasteiger partial charge in [-0.1, -0.05) is 0 Å². The summed E-state index contributed by atoms with van der Waals surface area (Å²) in [6.07, 6.45) is 1.55. The molecule has 2 aromatic heterocycles. The Morgan fingerprint density at radius 1 is 1.05 bits per heavy atom. The standard InChI is InChI=1S/C15H12O5/c1-17-13-6-9-10(11-4-3-5-19-11)7-15(16)20-12(9)8-14(13)18-2/h3-8H,1-2H3. The molecule has 0 fully saturated rings. The molecular weight excluding hydrogens is 260 g/mol. The molecule has 0 amide bonds. The first-order valence-corrected chi connectivity index (χ1v) is 5.96. The maximum Gasteiger partial charge on any atom is 0.336 e. The molecule has 0 aliphatic carbocycles. The first kappa shape index (κ1) is 12.3. The third kappa shape index (κ3) is 1.93. The first-order chi connectivity index (χ1) is 9.72. The summed E-state index contributed by atoms with van der Waals surface area (Å²) >= 11 is 0. The third-order valence-electron chi connectivity index (χ3n) is 3.04. The van der Waals surface area contributed by atoms with Crippen molar-refractivity contribution in [2.45, 2.75) is 0 Å². The van der Waals surface area contributed by atoms with Crippen LogP contribution in [0.25, 0.3) is 22.3 Å². The van der Waals surface area contributed by atoms with Crippen molar-refractivity contribution in [1.29, 1.82) is 0 Å². The van der Waals surface area contributed by atoms with Gasteiger partial charge in [0, 0.05) is 23.1 Å². The van der Waals surface area contributed by atoms with E-state index in [1.54, 1.807) is 37.6 Å². The zero-order valence-electron chi connectivity index (χ0n) is 11.0. The van der Waals surface area contributed by atoms with E-state index in [-0.39, 0.29) is 0 Å². The molecule has 3 rings (SSSR count). The summed E-state index contributed by atoms with van der Waals surface area (Å²) in [5.41, 5.74) is 0.625. The number of ether oxygens (including phenoxy) is 2. The van der Waals surface area contributed by atoms with Crippen LogP contribution < -0.4 is 15.1 Å². The SMILES string of the molecule is COc1cc2oc(=O)cc(-c3ccco3)c2cc1OC. The molecule has 0 aliphatic rings. The second-order valence-electron chi connectivity index (χ2n) is 4.16.